The van der Waals surface area contributed by atoms with Crippen LogP contribution in [0, 0.1) is 11.3 Å². The van der Waals surface area contributed by atoms with E-state index in [4.69, 9.17) is 5.26 Å². The zero-order chi connectivity index (χ0) is 14.5. The molecule has 21 heavy (non-hydrogen) atoms. The highest BCUT2D eigenvalue weighted by molar-refractivity contribution is 5.57. The Balaban J connectivity index is 1.70. The Morgan fingerprint density at radius 3 is 2.57 bits per heavy atom. The van der Waals surface area contributed by atoms with Gasteiger partial charge >= 0.3 is 0 Å². The Kier molecular flexibility index (Phi) is 3.66. The summed E-state index contributed by atoms with van der Waals surface area (Å²) in [4.78, 5) is 0. The van der Waals surface area contributed by atoms with Gasteiger partial charge in [-0.25, -0.2) is 4.68 Å². The summed E-state index contributed by atoms with van der Waals surface area (Å²) in [5.74, 6) is 0. The largest absolute Gasteiger partial charge is 0.380 e. The van der Waals surface area contributed by atoms with Gasteiger partial charge in [0, 0.05) is 18.9 Å². The summed E-state index contributed by atoms with van der Waals surface area (Å²) in [6, 6.07) is 19.8. The molecule has 0 atom stereocenters. The molecule has 102 valence electrons. The molecule has 0 aliphatic rings. The summed E-state index contributed by atoms with van der Waals surface area (Å²) in [5.41, 5.74) is 3.70. The lowest BCUT2D eigenvalue weighted by Gasteiger charge is -2.09. The highest BCUT2D eigenvalue weighted by Gasteiger charge is 2.01. The smallest absolute Gasteiger partial charge is 0.101 e. The molecule has 0 fully saturated rings. The van der Waals surface area contributed by atoms with Gasteiger partial charge < -0.3 is 5.32 Å². The Labute approximate surface area is 123 Å². The van der Waals surface area contributed by atoms with Crippen molar-refractivity contribution in [1.29, 1.82) is 5.26 Å². The number of aromatic nitrogens is 2. The fraction of sp³-hybridized carbons (Fsp3) is 0.0588. The molecule has 1 N–H and O–H groups in total. The molecule has 2 aromatic carbocycles. The van der Waals surface area contributed by atoms with Crippen molar-refractivity contribution in [3.8, 4) is 11.8 Å². The molecule has 0 bridgehead atoms. The minimum atomic E-state index is 0.658. The van der Waals surface area contributed by atoms with Crippen molar-refractivity contribution in [2.24, 2.45) is 0 Å². The second-order valence-electron chi connectivity index (χ2n) is 4.63. The molecule has 0 spiro atoms. The molecular weight excluding hydrogens is 260 g/mol. The molecule has 0 amide bonds. The molecule has 1 heterocycles. The van der Waals surface area contributed by atoms with E-state index in [0.717, 1.165) is 16.9 Å². The SMILES string of the molecule is N#Cc1ccccc1NCc1ccc(-n2cccn2)cc1. The number of hydrogen-bond donors (Lipinski definition) is 1. The predicted octanol–water partition coefficient (Wildman–Crippen LogP) is 3.36. The lowest BCUT2D eigenvalue weighted by atomic mass is 10.1. The van der Waals surface area contributed by atoms with E-state index in [1.54, 1.807) is 6.20 Å². The zero-order valence-corrected chi connectivity index (χ0v) is 11.4. The second-order valence-corrected chi connectivity index (χ2v) is 4.63. The first-order valence-corrected chi connectivity index (χ1v) is 6.69. The van der Waals surface area contributed by atoms with E-state index in [9.17, 15) is 0 Å². The summed E-state index contributed by atoms with van der Waals surface area (Å²) in [6.07, 6.45) is 3.67. The molecule has 4 heteroatoms. The Morgan fingerprint density at radius 2 is 1.86 bits per heavy atom. The number of hydrogen-bond acceptors (Lipinski definition) is 3. The standard InChI is InChI=1S/C17H14N4/c18-12-15-4-1-2-5-17(15)19-13-14-6-8-16(9-7-14)21-11-3-10-20-21/h1-11,19H,13H2. The number of nitriles is 1. The predicted molar refractivity (Wildman–Crippen MR) is 82.0 cm³/mol. The fourth-order valence-electron chi connectivity index (χ4n) is 2.12. The van der Waals surface area contributed by atoms with Crippen LogP contribution in [0.3, 0.4) is 0 Å². The van der Waals surface area contributed by atoms with Crippen LogP contribution < -0.4 is 5.32 Å². The minimum Gasteiger partial charge on any atom is -0.380 e. The van der Waals surface area contributed by atoms with Crippen LogP contribution in [-0.4, -0.2) is 9.78 Å². The van der Waals surface area contributed by atoms with Crippen molar-refractivity contribution < 1.29 is 0 Å². The van der Waals surface area contributed by atoms with Gasteiger partial charge in [-0.1, -0.05) is 24.3 Å². The molecule has 0 saturated heterocycles. The van der Waals surface area contributed by atoms with Crippen LogP contribution >= 0.6 is 0 Å². The summed E-state index contributed by atoms with van der Waals surface area (Å²) in [6.45, 7) is 0.679. The lowest BCUT2D eigenvalue weighted by molar-refractivity contribution is 0.879. The van der Waals surface area contributed by atoms with Crippen molar-refractivity contribution in [1.82, 2.24) is 9.78 Å². The van der Waals surface area contributed by atoms with Crippen LogP contribution in [0.5, 0.6) is 0 Å². The maximum atomic E-state index is 9.06. The van der Waals surface area contributed by atoms with Crippen LogP contribution in [0.1, 0.15) is 11.1 Å². The average molecular weight is 274 g/mol. The first-order chi connectivity index (χ1) is 10.4. The third-order valence-corrected chi connectivity index (χ3v) is 3.24. The fourth-order valence-corrected chi connectivity index (χ4v) is 2.12. The highest BCUT2D eigenvalue weighted by atomic mass is 15.3. The summed E-state index contributed by atoms with van der Waals surface area (Å²) < 4.78 is 1.82. The lowest BCUT2D eigenvalue weighted by Crippen LogP contribution is -2.01. The molecule has 1 aromatic heterocycles. The van der Waals surface area contributed by atoms with E-state index >= 15 is 0 Å². The number of nitrogens with one attached hydrogen (secondary N) is 1. The quantitative estimate of drug-likeness (QED) is 0.793. The molecule has 0 radical (unpaired) electrons. The Morgan fingerprint density at radius 1 is 1.05 bits per heavy atom. The minimum absolute atomic E-state index is 0.658. The summed E-state index contributed by atoms with van der Waals surface area (Å²) in [7, 11) is 0. The number of para-hydroxylation sites is 1. The molecule has 4 nitrogen and oxygen atoms in total. The molecule has 3 rings (SSSR count). The second kappa shape index (κ2) is 5.93. The first-order valence-electron chi connectivity index (χ1n) is 6.69. The molecular formula is C17H14N4. The van der Waals surface area contributed by atoms with Gasteiger partial charge in [0.1, 0.15) is 6.07 Å². The van der Waals surface area contributed by atoms with Crippen molar-refractivity contribution in [3.05, 3.63) is 78.1 Å². The number of nitrogens with zero attached hydrogens (tertiary/aromatic N) is 3. The third kappa shape index (κ3) is 2.93. The van der Waals surface area contributed by atoms with Gasteiger partial charge in [0.05, 0.1) is 16.9 Å². The van der Waals surface area contributed by atoms with E-state index in [2.05, 4.69) is 28.6 Å². The van der Waals surface area contributed by atoms with Gasteiger partial charge in [-0.05, 0) is 35.9 Å². The van der Waals surface area contributed by atoms with Crippen molar-refractivity contribution in [2.75, 3.05) is 5.32 Å². The van der Waals surface area contributed by atoms with Crippen LogP contribution in [0.4, 0.5) is 5.69 Å². The molecule has 0 unspecified atom stereocenters. The van der Waals surface area contributed by atoms with Crippen molar-refractivity contribution >= 4 is 5.69 Å². The van der Waals surface area contributed by atoms with Crippen LogP contribution in [0.15, 0.2) is 67.0 Å². The molecule has 0 saturated carbocycles. The number of anilines is 1. The summed E-state index contributed by atoms with van der Waals surface area (Å²) in [5, 5.41) is 16.5. The maximum Gasteiger partial charge on any atom is 0.101 e. The van der Waals surface area contributed by atoms with Crippen LogP contribution in [0.25, 0.3) is 5.69 Å². The van der Waals surface area contributed by atoms with Gasteiger partial charge in [-0.3, -0.25) is 0 Å². The molecule has 0 aliphatic heterocycles. The van der Waals surface area contributed by atoms with Crippen molar-refractivity contribution in [3.63, 3.8) is 0 Å². The Hall–Kier alpha value is -3.06. The van der Waals surface area contributed by atoms with E-state index in [-0.39, 0.29) is 0 Å². The first kappa shape index (κ1) is 12.9. The topological polar surface area (TPSA) is 53.6 Å². The van der Waals surface area contributed by atoms with Gasteiger partial charge in [-0.2, -0.15) is 10.4 Å². The van der Waals surface area contributed by atoms with Gasteiger partial charge in [0.2, 0.25) is 0 Å². The maximum absolute atomic E-state index is 9.06. The third-order valence-electron chi connectivity index (χ3n) is 3.24. The van der Waals surface area contributed by atoms with Gasteiger partial charge in [0.15, 0.2) is 0 Å². The number of rotatable bonds is 4. The average Bonchev–Trinajstić information content (AvgIpc) is 3.08. The molecule has 0 aliphatic carbocycles. The normalized spacial score (nSPS) is 10.0. The molecule has 3 aromatic rings. The van der Waals surface area contributed by atoms with E-state index in [0.29, 0.717) is 12.1 Å². The van der Waals surface area contributed by atoms with Gasteiger partial charge in [0.25, 0.3) is 0 Å². The Bertz CT molecular complexity index is 752. The van der Waals surface area contributed by atoms with E-state index < -0.39 is 0 Å². The van der Waals surface area contributed by atoms with Crippen molar-refractivity contribution in [2.45, 2.75) is 6.54 Å². The van der Waals surface area contributed by atoms with Gasteiger partial charge in [-0.15, -0.1) is 0 Å². The summed E-state index contributed by atoms with van der Waals surface area (Å²) >= 11 is 0. The highest BCUT2D eigenvalue weighted by Crippen LogP contribution is 2.15. The van der Waals surface area contributed by atoms with E-state index in [1.165, 1.54) is 0 Å². The zero-order valence-electron chi connectivity index (χ0n) is 11.4. The van der Waals surface area contributed by atoms with E-state index in [1.807, 2.05) is 53.3 Å². The monoisotopic (exact) mass is 274 g/mol. The van der Waals surface area contributed by atoms with Crippen LogP contribution in [0.2, 0.25) is 0 Å². The van der Waals surface area contributed by atoms with Crippen LogP contribution in [-0.2, 0) is 6.54 Å². The number of benzene rings is 2.